The van der Waals surface area contributed by atoms with Gasteiger partial charge in [-0.1, -0.05) is 0 Å². The number of aromatic nitrogens is 2. The molecule has 1 fully saturated rings. The molecule has 3 heterocycles. The first kappa shape index (κ1) is 13.4. The van der Waals surface area contributed by atoms with Gasteiger partial charge in [-0.3, -0.25) is 4.90 Å². The Morgan fingerprint density at radius 2 is 1.95 bits per heavy atom. The van der Waals surface area contributed by atoms with E-state index in [1.807, 2.05) is 12.1 Å². The zero-order chi connectivity index (χ0) is 13.8. The molecule has 0 bridgehead atoms. The molecule has 1 saturated heterocycles. The molecule has 0 atom stereocenters. The summed E-state index contributed by atoms with van der Waals surface area (Å²) in [5.74, 6) is 1.73. The van der Waals surface area contributed by atoms with Crippen molar-refractivity contribution >= 4 is 17.5 Å². The molecule has 0 radical (unpaired) electrons. The van der Waals surface area contributed by atoms with Gasteiger partial charge in [0.25, 0.3) is 0 Å². The van der Waals surface area contributed by atoms with Crippen LogP contribution in [0.2, 0.25) is 5.22 Å². The van der Waals surface area contributed by atoms with Crippen molar-refractivity contribution in [2.45, 2.75) is 13.0 Å². The van der Waals surface area contributed by atoms with Crippen LogP contribution in [0.3, 0.4) is 0 Å². The molecule has 2 aromatic rings. The van der Waals surface area contributed by atoms with Gasteiger partial charge in [0.1, 0.15) is 5.76 Å². The summed E-state index contributed by atoms with van der Waals surface area (Å²) in [5.41, 5.74) is 0. The average Bonchev–Trinajstić information content (AvgIpc) is 2.74. The van der Waals surface area contributed by atoms with E-state index in [1.54, 1.807) is 18.5 Å². The van der Waals surface area contributed by atoms with Gasteiger partial charge in [0.15, 0.2) is 5.22 Å². The first-order valence-corrected chi connectivity index (χ1v) is 7.17. The monoisotopic (exact) mass is 292 g/mol. The molecule has 1 aliphatic rings. The van der Waals surface area contributed by atoms with Gasteiger partial charge in [-0.15, -0.1) is 0 Å². The normalized spacial score (nSPS) is 17.1. The topological polar surface area (TPSA) is 45.4 Å². The van der Waals surface area contributed by atoms with E-state index in [0.29, 0.717) is 5.22 Å². The third kappa shape index (κ3) is 3.29. The fourth-order valence-corrected chi connectivity index (χ4v) is 2.60. The van der Waals surface area contributed by atoms with E-state index in [1.165, 1.54) is 0 Å². The van der Waals surface area contributed by atoms with Crippen LogP contribution in [0.5, 0.6) is 0 Å². The zero-order valence-electron chi connectivity index (χ0n) is 11.2. The highest BCUT2D eigenvalue weighted by Gasteiger charge is 2.17. The maximum atomic E-state index is 5.80. The number of hydrogen-bond acceptors (Lipinski definition) is 5. The predicted octanol–water partition coefficient (Wildman–Crippen LogP) is 2.44. The van der Waals surface area contributed by atoms with Crippen LogP contribution in [0.4, 0.5) is 5.95 Å². The van der Waals surface area contributed by atoms with Crippen molar-refractivity contribution in [2.75, 3.05) is 31.1 Å². The SMILES string of the molecule is Clc1ccc(CN2CCCN(c3ncccn3)CC2)o1. The van der Waals surface area contributed by atoms with Crippen LogP contribution in [0.1, 0.15) is 12.2 Å². The van der Waals surface area contributed by atoms with Crippen molar-refractivity contribution in [2.24, 2.45) is 0 Å². The molecule has 3 rings (SSSR count). The highest BCUT2D eigenvalue weighted by atomic mass is 35.5. The number of nitrogens with zero attached hydrogens (tertiary/aromatic N) is 4. The highest BCUT2D eigenvalue weighted by molar-refractivity contribution is 6.28. The largest absolute Gasteiger partial charge is 0.448 e. The maximum absolute atomic E-state index is 5.80. The molecule has 0 aliphatic carbocycles. The Labute approximate surface area is 123 Å². The lowest BCUT2D eigenvalue weighted by Crippen LogP contribution is -2.31. The quantitative estimate of drug-likeness (QED) is 0.869. The van der Waals surface area contributed by atoms with Crippen molar-refractivity contribution in [1.82, 2.24) is 14.9 Å². The first-order chi connectivity index (χ1) is 9.81. The molecule has 0 aromatic carbocycles. The summed E-state index contributed by atoms with van der Waals surface area (Å²) in [6.45, 7) is 4.73. The van der Waals surface area contributed by atoms with E-state index in [-0.39, 0.29) is 0 Å². The average molecular weight is 293 g/mol. The lowest BCUT2D eigenvalue weighted by Gasteiger charge is -2.21. The Kier molecular flexibility index (Phi) is 4.18. The van der Waals surface area contributed by atoms with Gasteiger partial charge in [0.05, 0.1) is 6.54 Å². The van der Waals surface area contributed by atoms with Crippen molar-refractivity contribution < 1.29 is 4.42 Å². The van der Waals surface area contributed by atoms with Crippen LogP contribution >= 0.6 is 11.6 Å². The molecule has 5 nitrogen and oxygen atoms in total. The van der Waals surface area contributed by atoms with E-state index in [2.05, 4.69) is 19.8 Å². The summed E-state index contributed by atoms with van der Waals surface area (Å²) in [5, 5.41) is 0.453. The van der Waals surface area contributed by atoms with Crippen LogP contribution in [0.25, 0.3) is 0 Å². The van der Waals surface area contributed by atoms with E-state index in [0.717, 1.165) is 50.9 Å². The minimum Gasteiger partial charge on any atom is -0.448 e. The van der Waals surface area contributed by atoms with E-state index < -0.39 is 0 Å². The van der Waals surface area contributed by atoms with Crippen LogP contribution in [0, 0.1) is 0 Å². The molecule has 0 amide bonds. The van der Waals surface area contributed by atoms with Crippen molar-refractivity contribution in [3.63, 3.8) is 0 Å². The van der Waals surface area contributed by atoms with Crippen LogP contribution in [0.15, 0.2) is 35.0 Å². The summed E-state index contributed by atoms with van der Waals surface area (Å²) in [6, 6.07) is 5.57. The number of hydrogen-bond donors (Lipinski definition) is 0. The minimum atomic E-state index is 0.453. The Morgan fingerprint density at radius 3 is 2.70 bits per heavy atom. The molecule has 0 saturated carbocycles. The van der Waals surface area contributed by atoms with Gasteiger partial charge in [-0.2, -0.15) is 0 Å². The van der Waals surface area contributed by atoms with Gasteiger partial charge in [-0.05, 0) is 36.2 Å². The summed E-state index contributed by atoms with van der Waals surface area (Å²) < 4.78 is 5.42. The van der Waals surface area contributed by atoms with Crippen LogP contribution in [-0.2, 0) is 6.54 Å². The Bertz CT molecular complexity index is 545. The number of rotatable bonds is 3. The van der Waals surface area contributed by atoms with Crippen molar-refractivity contribution in [3.8, 4) is 0 Å². The Balaban J connectivity index is 1.59. The van der Waals surface area contributed by atoms with Gasteiger partial charge in [0, 0.05) is 38.6 Å². The molecule has 0 N–H and O–H groups in total. The van der Waals surface area contributed by atoms with E-state index in [4.69, 9.17) is 16.0 Å². The molecule has 20 heavy (non-hydrogen) atoms. The summed E-state index contributed by atoms with van der Waals surface area (Å²) >= 11 is 5.80. The fraction of sp³-hybridized carbons (Fsp3) is 0.429. The molecule has 0 spiro atoms. The molecule has 106 valence electrons. The summed E-state index contributed by atoms with van der Waals surface area (Å²) in [7, 11) is 0. The molecule has 6 heteroatoms. The standard InChI is InChI=1S/C14H17ClN4O/c15-13-4-3-12(20-13)11-18-7-2-8-19(10-9-18)14-16-5-1-6-17-14/h1,3-6H,2,7-11H2. The van der Waals surface area contributed by atoms with Gasteiger partial charge < -0.3 is 9.32 Å². The molecule has 1 aliphatic heterocycles. The molecular weight excluding hydrogens is 276 g/mol. The second-order valence-electron chi connectivity index (χ2n) is 4.87. The lowest BCUT2D eigenvalue weighted by molar-refractivity contribution is 0.260. The van der Waals surface area contributed by atoms with Crippen molar-refractivity contribution in [1.29, 1.82) is 0 Å². The first-order valence-electron chi connectivity index (χ1n) is 6.80. The van der Waals surface area contributed by atoms with E-state index in [9.17, 15) is 0 Å². The second-order valence-corrected chi connectivity index (χ2v) is 5.24. The van der Waals surface area contributed by atoms with Gasteiger partial charge >= 0.3 is 0 Å². The van der Waals surface area contributed by atoms with Crippen LogP contribution in [-0.4, -0.2) is 41.0 Å². The van der Waals surface area contributed by atoms with Crippen molar-refractivity contribution in [3.05, 3.63) is 41.6 Å². The highest BCUT2D eigenvalue weighted by Crippen LogP contribution is 2.17. The lowest BCUT2D eigenvalue weighted by atomic mass is 10.3. The molecular formula is C14H17ClN4O. The molecule has 0 unspecified atom stereocenters. The number of halogens is 1. The Morgan fingerprint density at radius 1 is 1.10 bits per heavy atom. The summed E-state index contributed by atoms with van der Waals surface area (Å²) in [4.78, 5) is 13.2. The van der Waals surface area contributed by atoms with Gasteiger partial charge in [0.2, 0.25) is 5.95 Å². The molecule has 2 aromatic heterocycles. The summed E-state index contributed by atoms with van der Waals surface area (Å²) in [6.07, 6.45) is 4.67. The fourth-order valence-electron chi connectivity index (χ4n) is 2.44. The van der Waals surface area contributed by atoms with Gasteiger partial charge in [-0.25, -0.2) is 9.97 Å². The maximum Gasteiger partial charge on any atom is 0.225 e. The zero-order valence-corrected chi connectivity index (χ0v) is 12.0. The third-order valence-corrected chi connectivity index (χ3v) is 3.63. The smallest absolute Gasteiger partial charge is 0.225 e. The Hall–Kier alpha value is -1.59. The van der Waals surface area contributed by atoms with Crippen LogP contribution < -0.4 is 4.90 Å². The predicted molar refractivity (Wildman–Crippen MR) is 77.9 cm³/mol. The third-order valence-electron chi connectivity index (χ3n) is 3.43. The minimum absolute atomic E-state index is 0.453. The number of furan rings is 1. The second kappa shape index (κ2) is 6.24. The van der Waals surface area contributed by atoms with E-state index >= 15 is 0 Å². The number of anilines is 1.